The average molecular weight is 342 g/mol. The van der Waals surface area contributed by atoms with Gasteiger partial charge in [0.2, 0.25) is 5.91 Å². The van der Waals surface area contributed by atoms with E-state index in [0.29, 0.717) is 35.1 Å². The van der Waals surface area contributed by atoms with Crippen LogP contribution in [0.5, 0.6) is 11.5 Å². The maximum Gasteiger partial charge on any atom is 0.307 e. The SMILES string of the molecule is COc1cc(NC(=O)[C@@H]2CCCC[C@H]2C(=O)O)c(OC)cc1Cl. The van der Waals surface area contributed by atoms with Crippen LogP contribution in [0.1, 0.15) is 25.7 Å². The summed E-state index contributed by atoms with van der Waals surface area (Å²) in [7, 11) is 2.94. The first kappa shape index (κ1) is 17.4. The van der Waals surface area contributed by atoms with Crippen molar-refractivity contribution in [1.29, 1.82) is 0 Å². The van der Waals surface area contributed by atoms with Crippen molar-refractivity contribution in [1.82, 2.24) is 0 Å². The minimum Gasteiger partial charge on any atom is -0.495 e. The van der Waals surface area contributed by atoms with E-state index in [0.717, 1.165) is 12.8 Å². The Hall–Kier alpha value is -1.95. The first-order valence-electron chi connectivity index (χ1n) is 7.43. The Labute approximate surface area is 139 Å². The molecule has 23 heavy (non-hydrogen) atoms. The number of hydrogen-bond acceptors (Lipinski definition) is 4. The van der Waals surface area contributed by atoms with Gasteiger partial charge in [0, 0.05) is 12.1 Å². The summed E-state index contributed by atoms with van der Waals surface area (Å²) in [6, 6.07) is 3.11. The predicted octanol–water partition coefficient (Wildman–Crippen LogP) is 3.19. The number of carbonyl (C=O) groups is 2. The van der Waals surface area contributed by atoms with Crippen LogP contribution in [0.4, 0.5) is 5.69 Å². The molecule has 1 saturated carbocycles. The van der Waals surface area contributed by atoms with E-state index < -0.39 is 17.8 Å². The lowest BCUT2D eigenvalue weighted by Gasteiger charge is -2.27. The van der Waals surface area contributed by atoms with Crippen molar-refractivity contribution < 1.29 is 24.2 Å². The van der Waals surface area contributed by atoms with Crippen LogP contribution in [0.25, 0.3) is 0 Å². The van der Waals surface area contributed by atoms with Crippen molar-refractivity contribution in [3.63, 3.8) is 0 Å². The number of benzene rings is 1. The minimum absolute atomic E-state index is 0.320. The number of rotatable bonds is 5. The Bertz CT molecular complexity index is 604. The number of carboxylic acids is 1. The van der Waals surface area contributed by atoms with Gasteiger partial charge in [-0.05, 0) is 12.8 Å². The van der Waals surface area contributed by atoms with Gasteiger partial charge in [0.15, 0.2) is 0 Å². The zero-order chi connectivity index (χ0) is 17.0. The topological polar surface area (TPSA) is 84.9 Å². The van der Waals surface area contributed by atoms with Crippen molar-refractivity contribution in [3.8, 4) is 11.5 Å². The van der Waals surface area contributed by atoms with E-state index in [9.17, 15) is 14.7 Å². The third kappa shape index (κ3) is 3.88. The lowest BCUT2D eigenvalue weighted by molar-refractivity contribution is -0.147. The van der Waals surface area contributed by atoms with E-state index in [1.165, 1.54) is 14.2 Å². The van der Waals surface area contributed by atoms with Crippen LogP contribution in [-0.4, -0.2) is 31.2 Å². The fraction of sp³-hybridized carbons (Fsp3) is 0.500. The first-order chi connectivity index (χ1) is 11.0. The summed E-state index contributed by atoms with van der Waals surface area (Å²) in [6.07, 6.45) is 2.77. The van der Waals surface area contributed by atoms with Crippen LogP contribution in [0, 0.1) is 11.8 Å². The molecule has 0 aromatic heterocycles. The largest absolute Gasteiger partial charge is 0.495 e. The lowest BCUT2D eigenvalue weighted by Crippen LogP contribution is -2.36. The van der Waals surface area contributed by atoms with Crippen molar-refractivity contribution in [2.24, 2.45) is 11.8 Å². The molecule has 2 atom stereocenters. The summed E-state index contributed by atoms with van der Waals surface area (Å²) < 4.78 is 10.4. The smallest absolute Gasteiger partial charge is 0.307 e. The van der Waals surface area contributed by atoms with Gasteiger partial charge in [-0.1, -0.05) is 24.4 Å². The molecule has 2 N–H and O–H groups in total. The molecule has 1 aromatic carbocycles. The summed E-state index contributed by atoms with van der Waals surface area (Å²) in [5.41, 5.74) is 0.411. The molecule has 0 radical (unpaired) electrons. The van der Waals surface area contributed by atoms with E-state index in [-0.39, 0.29) is 5.91 Å². The summed E-state index contributed by atoms with van der Waals surface area (Å²) in [6.45, 7) is 0. The van der Waals surface area contributed by atoms with Gasteiger partial charge in [-0.15, -0.1) is 0 Å². The van der Waals surface area contributed by atoms with Crippen LogP contribution >= 0.6 is 11.6 Å². The number of halogens is 1. The van der Waals surface area contributed by atoms with Crippen molar-refractivity contribution >= 4 is 29.2 Å². The molecule has 1 aliphatic rings. The standard InChI is InChI=1S/C16H20ClNO5/c1-22-13-8-12(14(23-2)7-11(13)17)18-15(19)9-5-3-4-6-10(9)16(20)21/h7-10H,3-6H2,1-2H3,(H,18,19)(H,20,21)/t9-,10-/m1/s1. The first-order valence-corrected chi connectivity index (χ1v) is 7.81. The van der Waals surface area contributed by atoms with Gasteiger partial charge in [-0.25, -0.2) is 0 Å². The van der Waals surface area contributed by atoms with Crippen molar-refractivity contribution in [2.45, 2.75) is 25.7 Å². The van der Waals surface area contributed by atoms with Gasteiger partial charge >= 0.3 is 5.97 Å². The third-order valence-electron chi connectivity index (χ3n) is 4.15. The van der Waals surface area contributed by atoms with Crippen LogP contribution in [0.3, 0.4) is 0 Å². The summed E-state index contributed by atoms with van der Waals surface area (Å²) in [5.74, 6) is -1.64. The summed E-state index contributed by atoms with van der Waals surface area (Å²) >= 11 is 6.03. The Morgan fingerprint density at radius 1 is 1.13 bits per heavy atom. The molecule has 1 aliphatic carbocycles. The molecular weight excluding hydrogens is 322 g/mol. The van der Waals surface area contributed by atoms with Crippen molar-refractivity contribution in [3.05, 3.63) is 17.2 Å². The number of amides is 1. The van der Waals surface area contributed by atoms with E-state index in [1.807, 2.05) is 0 Å². The predicted molar refractivity (Wildman–Crippen MR) is 86.3 cm³/mol. The Kier molecular flexibility index (Phi) is 5.71. The van der Waals surface area contributed by atoms with Crippen LogP contribution in [-0.2, 0) is 9.59 Å². The molecular formula is C16H20ClNO5. The highest BCUT2D eigenvalue weighted by atomic mass is 35.5. The van der Waals surface area contributed by atoms with E-state index in [4.69, 9.17) is 21.1 Å². The second-order valence-corrected chi connectivity index (χ2v) is 5.92. The van der Waals surface area contributed by atoms with Crippen LogP contribution in [0.2, 0.25) is 5.02 Å². The van der Waals surface area contributed by atoms with Gasteiger partial charge in [-0.2, -0.15) is 0 Å². The highest BCUT2D eigenvalue weighted by molar-refractivity contribution is 6.32. The molecule has 1 fully saturated rings. The second-order valence-electron chi connectivity index (χ2n) is 5.51. The monoisotopic (exact) mass is 341 g/mol. The van der Waals surface area contributed by atoms with Gasteiger partial charge in [0.05, 0.1) is 36.8 Å². The molecule has 0 aliphatic heterocycles. The number of nitrogens with one attached hydrogen (secondary N) is 1. The Morgan fingerprint density at radius 3 is 2.30 bits per heavy atom. The molecule has 0 bridgehead atoms. The highest BCUT2D eigenvalue weighted by Gasteiger charge is 2.36. The van der Waals surface area contributed by atoms with E-state index >= 15 is 0 Å². The van der Waals surface area contributed by atoms with Crippen LogP contribution < -0.4 is 14.8 Å². The summed E-state index contributed by atoms with van der Waals surface area (Å²) in [4.78, 5) is 23.9. The zero-order valence-corrected chi connectivity index (χ0v) is 13.9. The summed E-state index contributed by atoms with van der Waals surface area (Å²) in [5, 5.41) is 12.4. The molecule has 6 nitrogen and oxygen atoms in total. The molecule has 126 valence electrons. The molecule has 1 aromatic rings. The lowest BCUT2D eigenvalue weighted by atomic mass is 9.78. The number of aliphatic carboxylic acids is 1. The number of carbonyl (C=O) groups excluding carboxylic acids is 1. The van der Waals surface area contributed by atoms with E-state index in [1.54, 1.807) is 12.1 Å². The number of anilines is 1. The molecule has 7 heteroatoms. The second kappa shape index (κ2) is 7.55. The molecule has 2 rings (SSSR count). The zero-order valence-electron chi connectivity index (χ0n) is 13.1. The van der Waals surface area contributed by atoms with Crippen LogP contribution in [0.15, 0.2) is 12.1 Å². The number of methoxy groups -OCH3 is 2. The van der Waals surface area contributed by atoms with Gasteiger partial charge in [0.1, 0.15) is 11.5 Å². The number of hydrogen-bond donors (Lipinski definition) is 2. The Balaban J connectivity index is 2.23. The molecule has 0 unspecified atom stereocenters. The van der Waals surface area contributed by atoms with Crippen molar-refractivity contribution in [2.75, 3.05) is 19.5 Å². The quantitative estimate of drug-likeness (QED) is 0.859. The molecule has 0 spiro atoms. The molecule has 0 saturated heterocycles. The van der Waals surface area contributed by atoms with Gasteiger partial charge in [-0.3, -0.25) is 9.59 Å². The highest BCUT2D eigenvalue weighted by Crippen LogP contribution is 2.37. The van der Waals surface area contributed by atoms with Gasteiger partial charge < -0.3 is 19.9 Å². The average Bonchev–Trinajstić information content (AvgIpc) is 2.55. The Morgan fingerprint density at radius 2 is 1.74 bits per heavy atom. The normalized spacial score (nSPS) is 20.7. The molecule has 0 heterocycles. The maximum atomic E-state index is 12.5. The number of ether oxygens (including phenoxy) is 2. The third-order valence-corrected chi connectivity index (χ3v) is 4.45. The van der Waals surface area contributed by atoms with Gasteiger partial charge in [0.25, 0.3) is 0 Å². The maximum absolute atomic E-state index is 12.5. The minimum atomic E-state index is -0.925. The number of carboxylic acid groups (broad SMARTS) is 1. The fourth-order valence-corrected chi connectivity index (χ4v) is 3.15. The van der Waals surface area contributed by atoms with E-state index in [2.05, 4.69) is 5.32 Å². The fourth-order valence-electron chi connectivity index (χ4n) is 2.92. The molecule has 1 amide bonds.